The van der Waals surface area contributed by atoms with Crippen molar-refractivity contribution in [3.8, 4) is 0 Å². The van der Waals surface area contributed by atoms with Gasteiger partial charge in [-0.3, -0.25) is 4.79 Å². The molecule has 0 aliphatic rings. The predicted molar refractivity (Wildman–Crippen MR) is 96.7 cm³/mol. The van der Waals surface area contributed by atoms with E-state index >= 15 is 0 Å². The average molecular weight is 366 g/mol. The molecule has 134 valence electrons. The lowest BCUT2D eigenvalue weighted by Gasteiger charge is -2.12. The first-order valence-electron chi connectivity index (χ1n) is 8.22. The van der Waals surface area contributed by atoms with E-state index < -0.39 is 23.3 Å². The topological polar surface area (TPSA) is 42.9 Å². The van der Waals surface area contributed by atoms with E-state index in [0.29, 0.717) is 0 Å². The number of alkyl halides is 3. The zero-order valence-electron chi connectivity index (χ0n) is 14.2. The third-order valence-electron chi connectivity index (χ3n) is 4.33. The zero-order valence-corrected chi connectivity index (χ0v) is 14.2. The molecule has 0 saturated carbocycles. The van der Waals surface area contributed by atoms with E-state index in [1.54, 1.807) is 36.4 Å². The van der Waals surface area contributed by atoms with Gasteiger partial charge in [0.1, 0.15) is 5.69 Å². The molecule has 1 aromatic heterocycles. The summed E-state index contributed by atoms with van der Waals surface area (Å²) in [5, 5.41) is 1.57. The number of aromatic nitrogens is 2. The van der Waals surface area contributed by atoms with Gasteiger partial charge in [0.15, 0.2) is 5.69 Å². The fourth-order valence-corrected chi connectivity index (χ4v) is 2.94. The minimum atomic E-state index is -4.79. The fourth-order valence-electron chi connectivity index (χ4n) is 2.94. The molecule has 0 radical (unpaired) electrons. The molecule has 0 bridgehead atoms. The Kier molecular flexibility index (Phi) is 3.91. The number of rotatable bonds is 2. The maximum Gasteiger partial charge on any atom is 0.435 e. The van der Waals surface area contributed by atoms with Gasteiger partial charge in [-0.2, -0.15) is 13.2 Å². The van der Waals surface area contributed by atoms with Gasteiger partial charge in [0, 0.05) is 5.56 Å². The molecule has 0 spiro atoms. The van der Waals surface area contributed by atoms with E-state index in [-0.39, 0.29) is 16.6 Å². The van der Waals surface area contributed by atoms with E-state index in [2.05, 4.69) is 9.97 Å². The van der Waals surface area contributed by atoms with Crippen LogP contribution in [0.5, 0.6) is 0 Å². The second-order valence-electron chi connectivity index (χ2n) is 6.30. The van der Waals surface area contributed by atoms with Crippen molar-refractivity contribution < 1.29 is 18.0 Å². The van der Waals surface area contributed by atoms with Crippen LogP contribution in [0.1, 0.15) is 27.3 Å². The van der Waals surface area contributed by atoms with E-state index in [4.69, 9.17) is 0 Å². The average Bonchev–Trinajstić information content (AvgIpc) is 2.64. The summed E-state index contributed by atoms with van der Waals surface area (Å²) >= 11 is 0. The molecule has 0 N–H and O–H groups in total. The maximum absolute atomic E-state index is 13.6. The first kappa shape index (κ1) is 17.1. The molecule has 0 aliphatic carbocycles. The highest BCUT2D eigenvalue weighted by Gasteiger charge is 2.39. The molecule has 0 amide bonds. The number of hydrogen-bond acceptors (Lipinski definition) is 3. The Morgan fingerprint density at radius 3 is 1.96 bits per heavy atom. The Morgan fingerprint density at radius 2 is 1.41 bits per heavy atom. The summed E-state index contributed by atoms with van der Waals surface area (Å²) in [7, 11) is 0. The molecule has 0 fully saturated rings. The molecule has 6 heteroatoms. The fraction of sp³-hybridized carbons (Fsp3) is 0.0952. The largest absolute Gasteiger partial charge is 0.435 e. The number of hydrogen-bond donors (Lipinski definition) is 0. The first-order chi connectivity index (χ1) is 12.8. The van der Waals surface area contributed by atoms with Crippen LogP contribution in [-0.4, -0.2) is 15.8 Å². The van der Waals surface area contributed by atoms with Crippen molar-refractivity contribution in [2.45, 2.75) is 13.1 Å². The summed E-state index contributed by atoms with van der Waals surface area (Å²) in [5.41, 5.74) is -0.567. The van der Waals surface area contributed by atoms with Crippen LogP contribution in [0, 0.1) is 6.92 Å². The van der Waals surface area contributed by atoms with Gasteiger partial charge >= 0.3 is 6.18 Å². The van der Waals surface area contributed by atoms with Crippen molar-refractivity contribution in [3.05, 3.63) is 83.2 Å². The molecule has 0 atom stereocenters. The van der Waals surface area contributed by atoms with E-state index in [1.165, 1.54) is 12.1 Å². The normalized spacial score (nSPS) is 11.9. The van der Waals surface area contributed by atoms with Gasteiger partial charge in [-0.15, -0.1) is 0 Å². The lowest BCUT2D eigenvalue weighted by atomic mass is 10.0. The summed E-state index contributed by atoms with van der Waals surface area (Å²) in [5.74, 6) is -0.801. The van der Waals surface area contributed by atoms with Gasteiger partial charge in [-0.25, -0.2) is 9.97 Å². The number of ketones is 1. The first-order valence-corrected chi connectivity index (χ1v) is 8.22. The molecule has 1 heterocycles. The van der Waals surface area contributed by atoms with Crippen LogP contribution in [0.2, 0.25) is 0 Å². The summed E-state index contributed by atoms with van der Waals surface area (Å²) in [6, 6.07) is 16.7. The van der Waals surface area contributed by atoms with Gasteiger partial charge < -0.3 is 0 Å². The number of carbonyl (C=O) groups is 1. The van der Waals surface area contributed by atoms with Crippen LogP contribution in [0.3, 0.4) is 0 Å². The number of benzene rings is 3. The van der Waals surface area contributed by atoms with Crippen LogP contribution in [-0.2, 0) is 6.18 Å². The molecule has 0 saturated heterocycles. The molecule has 0 aliphatic heterocycles. The molecule has 3 aromatic carbocycles. The Bertz CT molecular complexity index is 1180. The van der Waals surface area contributed by atoms with Crippen molar-refractivity contribution in [1.29, 1.82) is 0 Å². The predicted octanol–water partition coefficient (Wildman–Crippen LogP) is 5.34. The Hall–Kier alpha value is -3.28. The van der Waals surface area contributed by atoms with Crippen LogP contribution in [0.15, 0.2) is 60.7 Å². The Morgan fingerprint density at radius 1 is 0.852 bits per heavy atom. The van der Waals surface area contributed by atoms with Gasteiger partial charge in [0.25, 0.3) is 0 Å². The van der Waals surface area contributed by atoms with Gasteiger partial charge in [-0.05, 0) is 29.8 Å². The maximum atomic E-state index is 13.6. The number of nitrogens with zero attached hydrogens (tertiary/aromatic N) is 2. The summed E-state index contributed by atoms with van der Waals surface area (Å²) in [6.45, 7) is 1.83. The van der Waals surface area contributed by atoms with Crippen molar-refractivity contribution in [3.63, 3.8) is 0 Å². The third kappa shape index (κ3) is 3.14. The molecule has 0 unspecified atom stereocenters. The van der Waals surface area contributed by atoms with Crippen LogP contribution < -0.4 is 0 Å². The standard InChI is InChI=1S/C21H13F3N2O/c1-12-6-8-13(9-7-12)19(27)18-20(21(22,23)24)26-17-11-15-5-3-2-4-14(15)10-16(17)25-18/h2-11H,1H3. The molecule has 3 nitrogen and oxygen atoms in total. The number of halogens is 3. The van der Waals surface area contributed by atoms with Crippen molar-refractivity contribution in [1.82, 2.24) is 9.97 Å². The highest BCUT2D eigenvalue weighted by atomic mass is 19.4. The van der Waals surface area contributed by atoms with Crippen LogP contribution >= 0.6 is 0 Å². The van der Waals surface area contributed by atoms with Crippen LogP contribution in [0.25, 0.3) is 21.8 Å². The molecular formula is C21H13F3N2O. The van der Waals surface area contributed by atoms with E-state index in [1.807, 2.05) is 19.1 Å². The summed E-state index contributed by atoms with van der Waals surface area (Å²) in [6.07, 6.45) is -4.79. The molecule has 4 rings (SSSR count). The van der Waals surface area contributed by atoms with E-state index in [9.17, 15) is 18.0 Å². The van der Waals surface area contributed by atoms with Crippen LogP contribution in [0.4, 0.5) is 13.2 Å². The molecular weight excluding hydrogens is 353 g/mol. The zero-order chi connectivity index (χ0) is 19.2. The third-order valence-corrected chi connectivity index (χ3v) is 4.33. The lowest BCUT2D eigenvalue weighted by Crippen LogP contribution is -2.18. The smallest absolute Gasteiger partial charge is 0.287 e. The number of fused-ring (bicyclic) bond motifs is 2. The Labute approximate surface area is 152 Å². The highest BCUT2D eigenvalue weighted by molar-refractivity contribution is 6.09. The molecule has 27 heavy (non-hydrogen) atoms. The Balaban J connectivity index is 1.97. The minimum absolute atomic E-state index is 0.0986. The van der Waals surface area contributed by atoms with Crippen molar-refractivity contribution in [2.24, 2.45) is 0 Å². The van der Waals surface area contributed by atoms with Crippen molar-refractivity contribution in [2.75, 3.05) is 0 Å². The number of aryl methyl sites for hydroxylation is 1. The monoisotopic (exact) mass is 366 g/mol. The van der Waals surface area contributed by atoms with Gasteiger partial charge in [0.2, 0.25) is 5.78 Å². The molecule has 4 aromatic rings. The number of carbonyl (C=O) groups excluding carboxylic acids is 1. The quantitative estimate of drug-likeness (QED) is 0.355. The summed E-state index contributed by atoms with van der Waals surface area (Å²) < 4.78 is 40.7. The second kappa shape index (κ2) is 6.16. The van der Waals surface area contributed by atoms with E-state index in [0.717, 1.165) is 16.3 Å². The van der Waals surface area contributed by atoms with Crippen molar-refractivity contribution >= 4 is 27.6 Å². The van der Waals surface area contributed by atoms with Gasteiger partial charge in [-0.1, -0.05) is 54.1 Å². The second-order valence-corrected chi connectivity index (χ2v) is 6.30. The minimum Gasteiger partial charge on any atom is -0.287 e. The summed E-state index contributed by atoms with van der Waals surface area (Å²) in [4.78, 5) is 20.5. The highest BCUT2D eigenvalue weighted by Crippen LogP contribution is 2.33. The SMILES string of the molecule is Cc1ccc(C(=O)c2nc3cc4ccccc4cc3nc2C(F)(F)F)cc1. The van der Waals surface area contributed by atoms with Gasteiger partial charge in [0.05, 0.1) is 11.0 Å². The lowest BCUT2D eigenvalue weighted by molar-refractivity contribution is -0.141.